The third-order valence-corrected chi connectivity index (χ3v) is 6.74. The Morgan fingerprint density at radius 3 is 2.07 bits per heavy atom. The van der Waals surface area contributed by atoms with Crippen LogP contribution in [-0.4, -0.2) is 54.2 Å². The fraction of sp³-hybridized carbons (Fsp3) is 0.667. The van der Waals surface area contributed by atoms with Gasteiger partial charge < -0.3 is 10.4 Å². The van der Waals surface area contributed by atoms with Crippen LogP contribution in [0.3, 0.4) is 0 Å². The maximum atomic E-state index is 12.7. The van der Waals surface area contributed by atoms with E-state index in [1.165, 1.54) is 4.31 Å². The minimum absolute atomic E-state index is 0.0471. The van der Waals surface area contributed by atoms with Gasteiger partial charge >= 0.3 is 0 Å². The quantitative estimate of drug-likeness (QED) is 0.584. The summed E-state index contributed by atoms with van der Waals surface area (Å²) >= 11 is 0. The van der Waals surface area contributed by atoms with Crippen molar-refractivity contribution in [2.75, 3.05) is 13.1 Å². The van der Waals surface area contributed by atoms with E-state index in [9.17, 15) is 18.3 Å². The molecule has 1 aromatic rings. The monoisotopic (exact) mass is 412 g/mol. The first kappa shape index (κ1) is 24.6. The topological polar surface area (TPSA) is 86.7 Å². The lowest BCUT2D eigenvalue weighted by Crippen LogP contribution is -2.52. The molecule has 1 aromatic carbocycles. The van der Waals surface area contributed by atoms with Crippen molar-refractivity contribution in [2.24, 2.45) is 11.8 Å². The first-order chi connectivity index (χ1) is 12.9. The smallest absolute Gasteiger partial charge is 0.222 e. The number of carbonyl (C=O) groups excluding carboxylic acids is 1. The van der Waals surface area contributed by atoms with Crippen LogP contribution in [0.2, 0.25) is 0 Å². The highest BCUT2D eigenvalue weighted by atomic mass is 32.2. The van der Waals surface area contributed by atoms with Crippen molar-refractivity contribution in [1.82, 2.24) is 9.62 Å². The van der Waals surface area contributed by atoms with Crippen molar-refractivity contribution < 1.29 is 18.3 Å². The summed E-state index contributed by atoms with van der Waals surface area (Å²) < 4.78 is 26.8. The SMILES string of the molecule is CC(C)CN(CC(O)C(Cc1ccccc1)NC(=O)C(C)C)S(=O)(=O)C(C)C. The second-order valence-corrected chi connectivity index (χ2v) is 10.8. The third kappa shape index (κ3) is 7.53. The predicted molar refractivity (Wildman–Crippen MR) is 113 cm³/mol. The Labute approximate surface area is 170 Å². The largest absolute Gasteiger partial charge is 0.390 e. The molecule has 0 saturated carbocycles. The van der Waals surface area contributed by atoms with Crippen molar-refractivity contribution in [3.8, 4) is 0 Å². The van der Waals surface area contributed by atoms with Crippen LogP contribution in [0.15, 0.2) is 30.3 Å². The van der Waals surface area contributed by atoms with E-state index in [0.717, 1.165) is 5.56 Å². The molecular weight excluding hydrogens is 376 g/mol. The van der Waals surface area contributed by atoms with Crippen LogP contribution in [-0.2, 0) is 21.2 Å². The second kappa shape index (κ2) is 10.9. The highest BCUT2D eigenvalue weighted by Gasteiger charge is 2.32. The number of hydrogen-bond donors (Lipinski definition) is 2. The van der Waals surface area contributed by atoms with E-state index in [1.807, 2.05) is 44.2 Å². The zero-order valence-corrected chi connectivity index (χ0v) is 18.7. The lowest BCUT2D eigenvalue weighted by Gasteiger charge is -2.32. The molecule has 0 radical (unpaired) electrons. The molecule has 0 heterocycles. The van der Waals surface area contributed by atoms with Gasteiger partial charge in [0.05, 0.1) is 17.4 Å². The first-order valence-corrected chi connectivity index (χ1v) is 11.5. The molecule has 6 nitrogen and oxygen atoms in total. The first-order valence-electron chi connectivity index (χ1n) is 9.96. The number of carbonyl (C=O) groups is 1. The minimum Gasteiger partial charge on any atom is -0.390 e. The molecule has 0 saturated heterocycles. The Hall–Kier alpha value is -1.44. The summed E-state index contributed by atoms with van der Waals surface area (Å²) in [5.74, 6) is -0.266. The number of benzene rings is 1. The Balaban J connectivity index is 3.07. The van der Waals surface area contributed by atoms with Crippen LogP contribution >= 0.6 is 0 Å². The minimum atomic E-state index is -3.52. The van der Waals surface area contributed by atoms with Gasteiger partial charge in [-0.15, -0.1) is 0 Å². The molecule has 160 valence electrons. The second-order valence-electron chi connectivity index (χ2n) is 8.33. The van der Waals surface area contributed by atoms with Gasteiger partial charge in [0.1, 0.15) is 0 Å². The number of amides is 1. The normalized spacial score (nSPS) is 14.7. The van der Waals surface area contributed by atoms with E-state index in [1.54, 1.807) is 27.7 Å². The zero-order chi connectivity index (χ0) is 21.5. The van der Waals surface area contributed by atoms with E-state index in [0.29, 0.717) is 13.0 Å². The maximum absolute atomic E-state index is 12.7. The standard InChI is InChI=1S/C21H36N2O4S/c1-15(2)13-23(28(26,27)17(5)6)14-20(24)19(22-21(25)16(3)4)12-18-10-8-7-9-11-18/h7-11,15-17,19-20,24H,12-14H2,1-6H3,(H,22,25). The fourth-order valence-corrected chi connectivity index (χ4v) is 4.29. The molecule has 0 bridgehead atoms. The van der Waals surface area contributed by atoms with Gasteiger partial charge in [0.25, 0.3) is 0 Å². The molecule has 7 heteroatoms. The van der Waals surface area contributed by atoms with Crippen LogP contribution in [0.5, 0.6) is 0 Å². The van der Waals surface area contributed by atoms with E-state index in [4.69, 9.17) is 0 Å². The molecule has 0 aliphatic heterocycles. The van der Waals surface area contributed by atoms with Gasteiger partial charge in [0.15, 0.2) is 0 Å². The summed E-state index contributed by atoms with van der Waals surface area (Å²) in [5, 5.41) is 13.2. The van der Waals surface area contributed by atoms with Gasteiger partial charge in [-0.25, -0.2) is 8.42 Å². The number of rotatable bonds is 11. The summed E-state index contributed by atoms with van der Waals surface area (Å²) in [7, 11) is -3.52. The van der Waals surface area contributed by atoms with E-state index >= 15 is 0 Å². The van der Waals surface area contributed by atoms with Crippen molar-refractivity contribution in [3.63, 3.8) is 0 Å². The summed E-state index contributed by atoms with van der Waals surface area (Å²) in [6.45, 7) is 11.0. The third-order valence-electron chi connectivity index (χ3n) is 4.53. The molecule has 2 atom stereocenters. The van der Waals surface area contributed by atoms with Crippen molar-refractivity contribution in [1.29, 1.82) is 0 Å². The molecule has 0 aliphatic rings. The number of sulfonamides is 1. The summed E-state index contributed by atoms with van der Waals surface area (Å²) in [6.07, 6.45) is -0.590. The number of nitrogens with one attached hydrogen (secondary N) is 1. The van der Waals surface area contributed by atoms with E-state index < -0.39 is 27.4 Å². The Kier molecular flexibility index (Phi) is 9.60. The number of hydrogen-bond acceptors (Lipinski definition) is 4. The summed E-state index contributed by atoms with van der Waals surface area (Å²) in [4.78, 5) is 12.3. The Bertz CT molecular complexity index is 702. The van der Waals surface area contributed by atoms with Crippen LogP contribution < -0.4 is 5.32 Å². The lowest BCUT2D eigenvalue weighted by molar-refractivity contribution is -0.125. The van der Waals surface area contributed by atoms with E-state index in [2.05, 4.69) is 5.32 Å². The van der Waals surface area contributed by atoms with Crippen LogP contribution in [0.25, 0.3) is 0 Å². The average molecular weight is 413 g/mol. The highest BCUT2D eigenvalue weighted by molar-refractivity contribution is 7.89. The van der Waals surface area contributed by atoms with Crippen molar-refractivity contribution in [2.45, 2.75) is 65.4 Å². The van der Waals surface area contributed by atoms with Gasteiger partial charge in [-0.2, -0.15) is 4.31 Å². The highest BCUT2D eigenvalue weighted by Crippen LogP contribution is 2.15. The van der Waals surface area contributed by atoms with Gasteiger partial charge in [-0.05, 0) is 31.7 Å². The Morgan fingerprint density at radius 1 is 1.04 bits per heavy atom. The molecule has 2 N–H and O–H groups in total. The van der Waals surface area contributed by atoms with Gasteiger partial charge in [0.2, 0.25) is 15.9 Å². The molecule has 0 spiro atoms. The van der Waals surface area contributed by atoms with Crippen LogP contribution in [0.1, 0.15) is 47.1 Å². The molecule has 0 fully saturated rings. The molecule has 0 aliphatic carbocycles. The molecule has 0 aromatic heterocycles. The molecule has 1 rings (SSSR count). The molecule has 2 unspecified atom stereocenters. The molecule has 1 amide bonds. The van der Waals surface area contributed by atoms with Crippen molar-refractivity contribution in [3.05, 3.63) is 35.9 Å². The number of nitrogens with zero attached hydrogens (tertiary/aromatic N) is 1. The lowest BCUT2D eigenvalue weighted by atomic mass is 10.00. The van der Waals surface area contributed by atoms with E-state index in [-0.39, 0.29) is 24.3 Å². The number of aliphatic hydroxyl groups is 1. The van der Waals surface area contributed by atoms with Gasteiger partial charge in [-0.1, -0.05) is 58.0 Å². The van der Waals surface area contributed by atoms with Gasteiger partial charge in [0, 0.05) is 19.0 Å². The maximum Gasteiger partial charge on any atom is 0.222 e. The van der Waals surface area contributed by atoms with Crippen LogP contribution in [0.4, 0.5) is 0 Å². The van der Waals surface area contributed by atoms with Gasteiger partial charge in [-0.3, -0.25) is 4.79 Å². The predicted octanol–water partition coefficient (Wildman–Crippen LogP) is 2.43. The average Bonchev–Trinajstić information content (AvgIpc) is 2.60. The van der Waals surface area contributed by atoms with Crippen molar-refractivity contribution >= 4 is 15.9 Å². The zero-order valence-electron chi connectivity index (χ0n) is 17.9. The Morgan fingerprint density at radius 2 is 1.61 bits per heavy atom. The molecular formula is C21H36N2O4S. The number of aliphatic hydroxyl groups excluding tert-OH is 1. The fourth-order valence-electron chi connectivity index (χ4n) is 2.82. The van der Waals surface area contributed by atoms with Crippen LogP contribution in [0, 0.1) is 11.8 Å². The molecule has 28 heavy (non-hydrogen) atoms. The summed E-state index contributed by atoms with van der Waals surface area (Å²) in [5.41, 5.74) is 0.970. The summed E-state index contributed by atoms with van der Waals surface area (Å²) in [6, 6.07) is 8.99.